The number of methoxy groups -OCH3 is 1. The zero-order valence-electron chi connectivity index (χ0n) is 53.2. The molecule has 0 saturated carbocycles. The van der Waals surface area contributed by atoms with Crippen LogP contribution in [0.1, 0.15) is 137 Å². The highest BCUT2D eigenvalue weighted by Crippen LogP contribution is 2.40. The van der Waals surface area contributed by atoms with Crippen molar-refractivity contribution in [3.05, 3.63) is 87.1 Å². The van der Waals surface area contributed by atoms with Gasteiger partial charge in [-0.2, -0.15) is 5.10 Å². The number of nitro groups is 1. The number of amides is 12. The van der Waals surface area contributed by atoms with E-state index in [1.54, 1.807) is 0 Å². The molecule has 11 N–H and O–H groups in total. The summed E-state index contributed by atoms with van der Waals surface area (Å²) >= 11 is 0. The molecule has 0 bridgehead atoms. The van der Waals surface area contributed by atoms with Crippen molar-refractivity contribution in [1.82, 2.24) is 51.9 Å². The van der Waals surface area contributed by atoms with Crippen LogP contribution in [0, 0.1) is 15.5 Å². The first-order valence-electron chi connectivity index (χ1n) is 29.9. The Morgan fingerprint density at radius 3 is 1.93 bits per heavy atom. The number of hydrazone groups is 1. The molecular formula is C59H69N14O24P. The van der Waals surface area contributed by atoms with Crippen LogP contribution in [0.5, 0.6) is 11.5 Å². The Kier molecular flexibility index (Phi) is 25.9. The minimum atomic E-state index is -2.01. The number of aromatic nitrogens is 1. The van der Waals surface area contributed by atoms with Gasteiger partial charge < -0.3 is 71.7 Å². The molecule has 3 aliphatic rings. The van der Waals surface area contributed by atoms with Gasteiger partial charge in [0.15, 0.2) is 20.3 Å². The zero-order valence-corrected chi connectivity index (χ0v) is 54.2. The van der Waals surface area contributed by atoms with E-state index in [1.165, 1.54) is 77.2 Å². The number of imide groups is 2. The number of ether oxygens (including phenoxy) is 1. The van der Waals surface area contributed by atoms with Crippen LogP contribution in [-0.4, -0.2) is 186 Å². The highest BCUT2D eigenvalue weighted by Gasteiger charge is 2.43. The van der Waals surface area contributed by atoms with Crippen molar-refractivity contribution in [3.63, 3.8) is 0 Å². The van der Waals surface area contributed by atoms with Gasteiger partial charge in [0, 0.05) is 38.4 Å². The Labute approximate surface area is 557 Å². The normalized spacial score (nSPS) is 16.4. The molecule has 524 valence electrons. The van der Waals surface area contributed by atoms with Gasteiger partial charge in [0.25, 0.3) is 40.9 Å². The van der Waals surface area contributed by atoms with Gasteiger partial charge in [0.2, 0.25) is 35.4 Å². The maximum atomic E-state index is 14.3. The lowest BCUT2D eigenvalue weighted by molar-refractivity contribution is -0.385. The average Bonchev–Trinajstić information content (AvgIpc) is 0.889. The van der Waals surface area contributed by atoms with Gasteiger partial charge in [0.1, 0.15) is 42.1 Å². The molecule has 6 rings (SSSR count). The van der Waals surface area contributed by atoms with Crippen LogP contribution >= 0.6 is 8.81 Å². The first-order valence-corrected chi connectivity index (χ1v) is 30.8. The number of carboxylic acids is 2. The summed E-state index contributed by atoms with van der Waals surface area (Å²) in [6.45, 7) is 6.37. The number of nitrogens with two attached hydrogens (primary N) is 1. The van der Waals surface area contributed by atoms with Crippen LogP contribution in [0.25, 0.3) is 0 Å². The lowest BCUT2D eigenvalue weighted by Crippen LogP contribution is -2.57. The number of nitrogens with one attached hydrogen (secondary N) is 7. The molecule has 0 spiro atoms. The number of nitrogens with zero attached hydrogens (tertiary/aromatic N) is 6. The van der Waals surface area contributed by atoms with Crippen molar-refractivity contribution in [2.24, 2.45) is 16.3 Å². The van der Waals surface area contributed by atoms with E-state index in [1.807, 2.05) is 0 Å². The molecule has 3 aliphatic heterocycles. The summed E-state index contributed by atoms with van der Waals surface area (Å²) in [4.78, 5) is 233. The summed E-state index contributed by atoms with van der Waals surface area (Å²) in [6.07, 6.45) is -1.06. The first kappa shape index (κ1) is 75.4. The monoisotopic (exact) mass is 1390 g/mol. The Morgan fingerprint density at radius 1 is 0.765 bits per heavy atom. The largest absolute Gasteiger partial charge is 0.493 e. The standard InChI is InChI=1S/C59H69N14O24P/c1-7-34(51(83)67-37(25-59(4,5)57(89)90)53(85)64-29(3)49(60)81)68-58(91)98-97-41-24-39(73(92)93)33(21-40(41)94-6)28(2)63-52(84)35(23-48(80)95-71-43(74)16-17-44(71)75)65-54(86)38-9-8-20-70(38)55(87)36(22-47(78)79)66-50(82)32-14-15-42(61-27-32)69-62-26-30-10-12-31(13-11-30)56(88)96-72-45(76)18-19-46(72)77/h10-15,21,24,26-29,34-38,98H,7-9,16-20,22-23,25H2,1-6H3,(H2,60,81)(H,61,69)(H,63,84)(H,64,85)(H,65,86)(H,66,82)(H,67,83)(H,68,91)(H,78,79)(H,89,90)/b62-26+. The number of hydrogen-bond acceptors (Lipinski definition) is 25. The number of nitro benzene ring substituents is 1. The van der Waals surface area contributed by atoms with Crippen LogP contribution in [-0.2, 0) is 72.0 Å². The third-order valence-electron chi connectivity index (χ3n) is 15.1. The van der Waals surface area contributed by atoms with Gasteiger partial charge in [-0.25, -0.2) is 14.6 Å². The van der Waals surface area contributed by atoms with Crippen LogP contribution in [0.4, 0.5) is 16.3 Å². The number of carboxylic acid groups (broad SMARTS) is 2. The number of hydroxylamine groups is 4. The predicted octanol–water partition coefficient (Wildman–Crippen LogP) is 0.0250. The van der Waals surface area contributed by atoms with Crippen molar-refractivity contribution in [3.8, 4) is 11.5 Å². The van der Waals surface area contributed by atoms with Gasteiger partial charge in [-0.05, 0) is 89.3 Å². The van der Waals surface area contributed by atoms with Gasteiger partial charge in [0.05, 0.1) is 65.3 Å². The fraction of sp³-hybridized carbons (Fsp3) is 0.424. The van der Waals surface area contributed by atoms with E-state index in [2.05, 4.69) is 47.4 Å². The van der Waals surface area contributed by atoms with Crippen molar-refractivity contribution in [2.45, 2.75) is 141 Å². The highest BCUT2D eigenvalue weighted by molar-refractivity contribution is 7.53. The number of aliphatic carboxylic acids is 2. The zero-order chi connectivity index (χ0) is 72.5. The molecule has 38 nitrogen and oxygen atoms in total. The predicted molar refractivity (Wildman–Crippen MR) is 333 cm³/mol. The quantitative estimate of drug-likeness (QED) is 0.0126. The highest BCUT2D eigenvalue weighted by atomic mass is 31.1. The van der Waals surface area contributed by atoms with E-state index in [9.17, 15) is 97.0 Å². The minimum Gasteiger partial charge on any atom is -0.493 e. The van der Waals surface area contributed by atoms with E-state index in [4.69, 9.17) is 24.7 Å². The van der Waals surface area contributed by atoms with Gasteiger partial charge in [-0.3, -0.25) is 82.7 Å². The first-order chi connectivity index (χ1) is 46.2. The number of rotatable bonds is 33. The summed E-state index contributed by atoms with van der Waals surface area (Å²) in [6, 6.07) is -0.739. The molecule has 12 amide bonds. The molecule has 0 aliphatic carbocycles. The second kappa shape index (κ2) is 33.7. The number of anilines is 1. The van der Waals surface area contributed by atoms with E-state index < -0.39 is 187 Å². The van der Waals surface area contributed by atoms with Crippen molar-refractivity contribution >= 4 is 121 Å². The maximum Gasteiger partial charge on any atom is 0.363 e. The number of hydrogen-bond donors (Lipinski definition) is 10. The smallest absolute Gasteiger partial charge is 0.363 e. The summed E-state index contributed by atoms with van der Waals surface area (Å²) in [5, 5.41) is 51.1. The number of carbonyl (C=O) groups excluding carboxylic acids is 14. The number of pyridine rings is 1. The Bertz CT molecular complexity index is 3690. The number of benzene rings is 2. The summed E-state index contributed by atoms with van der Waals surface area (Å²) in [5.74, 6) is -16.1. The molecule has 3 aromatic rings. The van der Waals surface area contributed by atoms with Gasteiger partial charge in [-0.15, -0.1) is 10.1 Å². The molecule has 98 heavy (non-hydrogen) atoms. The van der Waals surface area contributed by atoms with E-state index in [0.717, 1.165) is 30.3 Å². The Hall–Kier alpha value is -11.6. The van der Waals surface area contributed by atoms with Crippen LogP contribution < -0.4 is 52.3 Å². The van der Waals surface area contributed by atoms with Crippen molar-refractivity contribution in [1.29, 1.82) is 0 Å². The Morgan fingerprint density at radius 2 is 1.37 bits per heavy atom. The number of carbonyl (C=O) groups is 16. The number of likely N-dealkylation sites (tertiary alicyclic amines) is 1. The summed E-state index contributed by atoms with van der Waals surface area (Å²) in [7, 11) is -0.125. The fourth-order valence-electron chi connectivity index (χ4n) is 9.63. The molecule has 3 fully saturated rings. The molecule has 0 radical (unpaired) electrons. The summed E-state index contributed by atoms with van der Waals surface area (Å²) in [5.41, 5.74) is 4.64. The van der Waals surface area contributed by atoms with E-state index in [-0.39, 0.29) is 84.8 Å². The molecule has 8 atom stereocenters. The van der Waals surface area contributed by atoms with Crippen LogP contribution in [0.3, 0.4) is 0 Å². The average molecular weight is 1390 g/mol. The molecule has 3 saturated heterocycles. The lowest BCUT2D eigenvalue weighted by Gasteiger charge is -2.29. The van der Waals surface area contributed by atoms with Gasteiger partial charge >= 0.3 is 23.9 Å². The third kappa shape index (κ3) is 20.2. The molecule has 1 aromatic heterocycles. The second-order valence-electron chi connectivity index (χ2n) is 22.8. The molecule has 39 heteroatoms. The Balaban J connectivity index is 1.12. The molecule has 2 aromatic carbocycles. The lowest BCUT2D eigenvalue weighted by atomic mass is 9.85. The minimum absolute atomic E-state index is 0.0342. The topological polar surface area (TPSA) is 539 Å². The molecular weight excluding hydrogens is 1320 g/mol. The number of primary amides is 1. The third-order valence-corrected chi connectivity index (χ3v) is 15.8. The van der Waals surface area contributed by atoms with E-state index >= 15 is 0 Å². The fourth-order valence-corrected chi connectivity index (χ4v) is 10.2. The van der Waals surface area contributed by atoms with E-state index in [0.29, 0.717) is 10.6 Å². The van der Waals surface area contributed by atoms with Crippen molar-refractivity contribution < 1.29 is 111 Å². The molecule has 4 heterocycles. The maximum absolute atomic E-state index is 14.3. The van der Waals surface area contributed by atoms with Crippen LogP contribution in [0.15, 0.2) is 59.8 Å². The van der Waals surface area contributed by atoms with Gasteiger partial charge in [-0.1, -0.05) is 19.1 Å². The van der Waals surface area contributed by atoms with Crippen LogP contribution in [0.2, 0.25) is 0 Å². The van der Waals surface area contributed by atoms with Crippen molar-refractivity contribution in [2.75, 3.05) is 19.1 Å². The SMILES string of the molecule is CCC(NC(=O)POc1cc([N+](=O)[O-])c(C(C)NC(=O)C(CC(=O)ON2C(=O)CCC2=O)NC(=O)C2CCCN2C(=O)C(CC(=O)O)NC(=O)c2ccc(N/N=C/c3ccc(C(=O)ON4C(=O)CCC4=O)cc3)nc2)cc1OC)C(=O)NC(CC(C)(C)C(=O)O)C(=O)NC(C)C(N)=O. The summed E-state index contributed by atoms with van der Waals surface area (Å²) < 4.78 is 11.0. The molecule has 8 unspecified atom stereocenters. The second-order valence-corrected chi connectivity index (χ2v) is 23.6.